The lowest BCUT2D eigenvalue weighted by atomic mass is 10.0. The van der Waals surface area contributed by atoms with Gasteiger partial charge in [0.15, 0.2) is 6.10 Å². The first-order chi connectivity index (χ1) is 14.6. The maximum Gasteiger partial charge on any atom is 0.306 e. The summed E-state index contributed by atoms with van der Waals surface area (Å²) in [6.07, 6.45) is 21.8. The minimum atomic E-state index is -0.757. The zero-order valence-corrected chi connectivity index (χ0v) is 19.8. The monoisotopic (exact) mass is 428 g/mol. The van der Waals surface area contributed by atoms with Crippen molar-refractivity contribution in [2.75, 3.05) is 13.2 Å². The molecule has 5 heteroatoms. The lowest BCUT2D eigenvalue weighted by Gasteiger charge is -2.15. The predicted molar refractivity (Wildman–Crippen MR) is 122 cm³/mol. The molecule has 0 bridgehead atoms. The molecule has 0 heterocycles. The molecule has 0 saturated carbocycles. The van der Waals surface area contributed by atoms with Crippen LogP contribution in [0, 0.1) is 0 Å². The molecule has 0 amide bonds. The number of hydrogen-bond acceptors (Lipinski definition) is 5. The first kappa shape index (κ1) is 28.9. The van der Waals surface area contributed by atoms with E-state index in [0.717, 1.165) is 19.3 Å². The van der Waals surface area contributed by atoms with Crippen LogP contribution in [0.15, 0.2) is 0 Å². The Kier molecular flexibility index (Phi) is 21.8. The minimum Gasteiger partial charge on any atom is -0.462 e. The highest BCUT2D eigenvalue weighted by molar-refractivity contribution is 5.69. The van der Waals surface area contributed by atoms with Gasteiger partial charge < -0.3 is 14.6 Å². The van der Waals surface area contributed by atoms with Gasteiger partial charge in [0.2, 0.25) is 0 Å². The van der Waals surface area contributed by atoms with E-state index >= 15 is 0 Å². The molecule has 178 valence electrons. The number of unbranched alkanes of at least 4 members (excludes halogenated alkanes) is 16. The van der Waals surface area contributed by atoms with Crippen molar-refractivity contribution in [2.24, 2.45) is 0 Å². The Bertz CT molecular complexity index is 397. The molecule has 0 aromatic rings. The van der Waals surface area contributed by atoms with Crippen molar-refractivity contribution < 1.29 is 24.2 Å². The van der Waals surface area contributed by atoms with E-state index in [1.807, 2.05) is 0 Å². The molecule has 0 radical (unpaired) electrons. The molecule has 0 aromatic heterocycles. The van der Waals surface area contributed by atoms with Gasteiger partial charge in [-0.3, -0.25) is 9.59 Å². The Labute approximate surface area is 185 Å². The highest BCUT2D eigenvalue weighted by Crippen LogP contribution is 2.14. The van der Waals surface area contributed by atoms with Crippen LogP contribution in [0.3, 0.4) is 0 Å². The number of carbonyl (C=O) groups excluding carboxylic acids is 2. The van der Waals surface area contributed by atoms with E-state index in [-0.39, 0.29) is 19.2 Å². The van der Waals surface area contributed by atoms with Crippen molar-refractivity contribution in [1.29, 1.82) is 0 Å². The van der Waals surface area contributed by atoms with E-state index in [1.165, 1.54) is 96.8 Å². The van der Waals surface area contributed by atoms with Crippen LogP contribution < -0.4 is 0 Å². The summed E-state index contributed by atoms with van der Waals surface area (Å²) in [5.41, 5.74) is 0. The van der Waals surface area contributed by atoms with Crippen molar-refractivity contribution in [3.63, 3.8) is 0 Å². The van der Waals surface area contributed by atoms with E-state index in [9.17, 15) is 9.59 Å². The van der Waals surface area contributed by atoms with Crippen LogP contribution >= 0.6 is 0 Å². The van der Waals surface area contributed by atoms with Crippen molar-refractivity contribution in [3.05, 3.63) is 0 Å². The third-order valence-corrected chi connectivity index (χ3v) is 5.46. The topological polar surface area (TPSA) is 72.8 Å². The van der Waals surface area contributed by atoms with Gasteiger partial charge in [-0.25, -0.2) is 0 Å². The standard InChI is InChI=1S/C25H48O5/c1-3-4-5-6-7-8-9-10-11-12-13-14-15-16-17-18-19-20-25(28)30-24(21-26)22-29-23(2)27/h24,26H,3-22H2,1-2H3. The number of carbonyl (C=O) groups is 2. The lowest BCUT2D eigenvalue weighted by Crippen LogP contribution is -2.28. The second-order valence-corrected chi connectivity index (χ2v) is 8.50. The van der Waals surface area contributed by atoms with Crippen LogP contribution in [-0.4, -0.2) is 36.4 Å². The van der Waals surface area contributed by atoms with Crippen molar-refractivity contribution in [3.8, 4) is 0 Å². The molecule has 0 rings (SSSR count). The summed E-state index contributed by atoms with van der Waals surface area (Å²) in [5, 5.41) is 9.14. The maximum atomic E-state index is 11.7. The molecule has 30 heavy (non-hydrogen) atoms. The molecule has 0 aliphatic heterocycles. The second-order valence-electron chi connectivity index (χ2n) is 8.50. The van der Waals surface area contributed by atoms with Crippen LogP contribution in [0.5, 0.6) is 0 Å². The third kappa shape index (κ3) is 21.6. The molecule has 0 spiro atoms. The maximum absolute atomic E-state index is 11.7. The fourth-order valence-corrected chi connectivity index (χ4v) is 3.57. The van der Waals surface area contributed by atoms with Crippen LogP contribution in [0.2, 0.25) is 0 Å². The van der Waals surface area contributed by atoms with Crippen LogP contribution in [0.1, 0.15) is 129 Å². The Hall–Kier alpha value is -1.10. The van der Waals surface area contributed by atoms with Crippen LogP contribution in [-0.2, 0) is 19.1 Å². The van der Waals surface area contributed by atoms with Gasteiger partial charge in [0, 0.05) is 13.3 Å². The van der Waals surface area contributed by atoms with E-state index < -0.39 is 12.1 Å². The zero-order chi connectivity index (χ0) is 22.3. The summed E-state index contributed by atoms with van der Waals surface area (Å²) in [4.78, 5) is 22.5. The number of ether oxygens (including phenoxy) is 2. The summed E-state index contributed by atoms with van der Waals surface area (Å²) in [5.74, 6) is -0.778. The molecule has 0 aliphatic carbocycles. The van der Waals surface area contributed by atoms with E-state index in [0.29, 0.717) is 6.42 Å². The quantitative estimate of drug-likeness (QED) is 0.157. The highest BCUT2D eigenvalue weighted by atomic mass is 16.6. The molecule has 5 nitrogen and oxygen atoms in total. The predicted octanol–water partition coefficient (Wildman–Crippen LogP) is 6.50. The lowest BCUT2D eigenvalue weighted by molar-refractivity contribution is -0.160. The summed E-state index contributed by atoms with van der Waals surface area (Å²) in [6, 6.07) is 0. The van der Waals surface area contributed by atoms with Crippen LogP contribution in [0.4, 0.5) is 0 Å². The Morgan fingerprint density at radius 3 is 1.47 bits per heavy atom. The molecule has 1 atom stereocenters. The summed E-state index contributed by atoms with van der Waals surface area (Å²) < 4.78 is 9.87. The Morgan fingerprint density at radius 1 is 0.700 bits per heavy atom. The first-order valence-corrected chi connectivity index (χ1v) is 12.5. The fourth-order valence-electron chi connectivity index (χ4n) is 3.57. The van der Waals surface area contributed by atoms with Gasteiger partial charge in [-0.1, -0.05) is 110 Å². The number of esters is 2. The number of aliphatic hydroxyl groups excluding tert-OH is 1. The van der Waals surface area contributed by atoms with Gasteiger partial charge in [-0.15, -0.1) is 0 Å². The third-order valence-electron chi connectivity index (χ3n) is 5.46. The van der Waals surface area contributed by atoms with Gasteiger partial charge in [-0.2, -0.15) is 0 Å². The Morgan fingerprint density at radius 2 is 1.10 bits per heavy atom. The van der Waals surface area contributed by atoms with E-state index in [4.69, 9.17) is 14.6 Å². The molecular weight excluding hydrogens is 380 g/mol. The van der Waals surface area contributed by atoms with E-state index in [2.05, 4.69) is 6.92 Å². The van der Waals surface area contributed by atoms with Gasteiger partial charge in [0.25, 0.3) is 0 Å². The average Bonchev–Trinajstić information content (AvgIpc) is 2.73. The van der Waals surface area contributed by atoms with Crippen LogP contribution in [0.25, 0.3) is 0 Å². The van der Waals surface area contributed by atoms with Gasteiger partial charge >= 0.3 is 11.9 Å². The fraction of sp³-hybridized carbons (Fsp3) is 0.920. The van der Waals surface area contributed by atoms with Crippen molar-refractivity contribution in [1.82, 2.24) is 0 Å². The average molecular weight is 429 g/mol. The molecule has 0 aromatic carbocycles. The minimum absolute atomic E-state index is 0.0867. The Balaban J connectivity index is 3.30. The second kappa shape index (κ2) is 22.6. The van der Waals surface area contributed by atoms with Crippen molar-refractivity contribution >= 4 is 11.9 Å². The molecule has 1 N–H and O–H groups in total. The number of rotatable bonds is 22. The van der Waals surface area contributed by atoms with Gasteiger partial charge in [-0.05, 0) is 6.42 Å². The van der Waals surface area contributed by atoms with Gasteiger partial charge in [0.05, 0.1) is 6.61 Å². The summed E-state index contributed by atoms with van der Waals surface area (Å²) >= 11 is 0. The molecule has 0 saturated heterocycles. The molecule has 1 unspecified atom stereocenters. The highest BCUT2D eigenvalue weighted by Gasteiger charge is 2.14. The number of hydrogen-bond donors (Lipinski definition) is 1. The zero-order valence-electron chi connectivity index (χ0n) is 19.8. The van der Waals surface area contributed by atoms with E-state index in [1.54, 1.807) is 0 Å². The molecule has 0 aliphatic rings. The van der Waals surface area contributed by atoms with Gasteiger partial charge in [0.1, 0.15) is 6.61 Å². The SMILES string of the molecule is CCCCCCCCCCCCCCCCCCCC(=O)OC(CO)COC(C)=O. The number of aliphatic hydroxyl groups is 1. The largest absolute Gasteiger partial charge is 0.462 e. The van der Waals surface area contributed by atoms with Crippen molar-refractivity contribution in [2.45, 2.75) is 136 Å². The smallest absolute Gasteiger partial charge is 0.306 e. The first-order valence-electron chi connectivity index (χ1n) is 12.5. The molecule has 0 fully saturated rings. The molecular formula is C25H48O5. The normalized spacial score (nSPS) is 12.0. The summed E-state index contributed by atoms with van der Waals surface area (Å²) in [7, 11) is 0. The summed E-state index contributed by atoms with van der Waals surface area (Å²) in [6.45, 7) is 3.13.